The van der Waals surface area contributed by atoms with Crippen molar-refractivity contribution in [2.45, 2.75) is 18.9 Å². The van der Waals surface area contributed by atoms with Gasteiger partial charge in [0.15, 0.2) is 5.76 Å². The summed E-state index contributed by atoms with van der Waals surface area (Å²) in [7, 11) is 0. The van der Waals surface area contributed by atoms with Crippen molar-refractivity contribution in [2.24, 2.45) is 0 Å². The van der Waals surface area contributed by atoms with Crippen molar-refractivity contribution in [2.75, 3.05) is 6.54 Å². The molecule has 1 atom stereocenters. The summed E-state index contributed by atoms with van der Waals surface area (Å²) in [5, 5.41) is 9.14. The first kappa shape index (κ1) is 19.9. The lowest BCUT2D eigenvalue weighted by atomic mass is 10.0. The van der Waals surface area contributed by atoms with Crippen LogP contribution in [0.3, 0.4) is 0 Å². The lowest BCUT2D eigenvalue weighted by molar-refractivity contribution is -0.122. The Labute approximate surface area is 178 Å². The fourth-order valence-corrected chi connectivity index (χ4v) is 4.36. The molecule has 4 rings (SSSR count). The number of carbonyl (C=O) groups is 2. The van der Waals surface area contributed by atoms with Crippen LogP contribution < -0.4 is 10.6 Å². The molecule has 0 spiro atoms. The predicted octanol–water partition coefficient (Wildman–Crippen LogP) is 4.19. The van der Waals surface area contributed by atoms with Crippen molar-refractivity contribution >= 4 is 33.2 Å². The van der Waals surface area contributed by atoms with E-state index in [1.807, 2.05) is 42.5 Å². The highest BCUT2D eigenvalue weighted by Crippen LogP contribution is 2.25. The molecule has 30 heavy (non-hydrogen) atoms. The number of fused-ring (bicyclic) bond motifs is 1. The van der Waals surface area contributed by atoms with Crippen molar-refractivity contribution in [1.82, 2.24) is 10.6 Å². The van der Waals surface area contributed by atoms with Crippen LogP contribution in [0.1, 0.15) is 21.7 Å². The number of furan rings is 1. The standard InChI is InChI=1S/C24H22N2O3S/c27-23(25-13-12-18-16-30-22-11-5-4-9-19(18)22)20(15-17-7-2-1-3-8-17)26-24(28)21-10-6-14-29-21/h1-11,14,16,20H,12-13,15H2,(H,25,27)(H,26,28). The minimum atomic E-state index is -0.691. The highest BCUT2D eigenvalue weighted by molar-refractivity contribution is 7.17. The highest BCUT2D eigenvalue weighted by Gasteiger charge is 2.22. The van der Waals surface area contributed by atoms with Gasteiger partial charge in [0, 0.05) is 17.7 Å². The van der Waals surface area contributed by atoms with E-state index in [4.69, 9.17) is 4.42 Å². The number of nitrogens with one attached hydrogen (secondary N) is 2. The molecule has 0 saturated heterocycles. The molecule has 0 bridgehead atoms. The highest BCUT2D eigenvalue weighted by atomic mass is 32.1. The fraction of sp³-hybridized carbons (Fsp3) is 0.167. The Hall–Kier alpha value is -3.38. The van der Waals surface area contributed by atoms with E-state index in [0.29, 0.717) is 13.0 Å². The molecular formula is C24H22N2O3S. The average Bonchev–Trinajstić information content (AvgIpc) is 3.45. The van der Waals surface area contributed by atoms with Gasteiger partial charge in [-0.2, -0.15) is 0 Å². The molecule has 2 amide bonds. The molecule has 2 aromatic carbocycles. The molecule has 1 unspecified atom stereocenters. The molecule has 2 aromatic heterocycles. The summed E-state index contributed by atoms with van der Waals surface area (Å²) < 4.78 is 6.40. The molecular weight excluding hydrogens is 396 g/mol. The number of rotatable bonds is 8. The minimum absolute atomic E-state index is 0.186. The van der Waals surface area contributed by atoms with E-state index < -0.39 is 11.9 Å². The van der Waals surface area contributed by atoms with E-state index in [1.165, 1.54) is 21.9 Å². The van der Waals surface area contributed by atoms with E-state index in [0.717, 1.165) is 12.0 Å². The normalized spacial score (nSPS) is 11.9. The lowest BCUT2D eigenvalue weighted by Gasteiger charge is -2.18. The summed E-state index contributed by atoms with van der Waals surface area (Å²) in [6.45, 7) is 0.501. The van der Waals surface area contributed by atoms with E-state index in [1.54, 1.807) is 23.5 Å². The van der Waals surface area contributed by atoms with Gasteiger partial charge in [0.05, 0.1) is 6.26 Å². The lowest BCUT2D eigenvalue weighted by Crippen LogP contribution is -2.48. The third kappa shape index (κ3) is 4.78. The van der Waals surface area contributed by atoms with Crippen LogP contribution >= 0.6 is 11.3 Å². The van der Waals surface area contributed by atoms with Crippen LogP contribution in [0.2, 0.25) is 0 Å². The van der Waals surface area contributed by atoms with Crippen molar-refractivity contribution in [3.05, 3.63) is 95.3 Å². The van der Waals surface area contributed by atoms with E-state index in [9.17, 15) is 9.59 Å². The second-order valence-electron chi connectivity index (χ2n) is 6.99. The molecule has 2 heterocycles. The van der Waals surface area contributed by atoms with Crippen LogP contribution in [0.5, 0.6) is 0 Å². The topological polar surface area (TPSA) is 71.3 Å². The van der Waals surface area contributed by atoms with E-state index >= 15 is 0 Å². The first-order valence-electron chi connectivity index (χ1n) is 9.82. The van der Waals surface area contributed by atoms with Gasteiger partial charge >= 0.3 is 0 Å². The number of carbonyl (C=O) groups excluding carboxylic acids is 2. The third-order valence-electron chi connectivity index (χ3n) is 4.90. The maximum Gasteiger partial charge on any atom is 0.287 e. The minimum Gasteiger partial charge on any atom is -0.459 e. The van der Waals surface area contributed by atoms with Gasteiger partial charge in [0.1, 0.15) is 6.04 Å². The molecule has 5 nitrogen and oxygen atoms in total. The van der Waals surface area contributed by atoms with Gasteiger partial charge in [-0.25, -0.2) is 0 Å². The second kappa shape index (κ2) is 9.41. The monoisotopic (exact) mass is 418 g/mol. The molecule has 2 N–H and O–H groups in total. The zero-order chi connectivity index (χ0) is 20.8. The van der Waals surface area contributed by atoms with E-state index in [2.05, 4.69) is 28.1 Å². The number of amides is 2. The van der Waals surface area contributed by atoms with Gasteiger partial charge < -0.3 is 15.1 Å². The van der Waals surface area contributed by atoms with Crippen LogP contribution in [0, 0.1) is 0 Å². The summed E-state index contributed by atoms with van der Waals surface area (Å²) in [6.07, 6.45) is 2.58. The third-order valence-corrected chi connectivity index (χ3v) is 5.92. The predicted molar refractivity (Wildman–Crippen MR) is 119 cm³/mol. The van der Waals surface area contributed by atoms with Crippen molar-refractivity contribution in [3.63, 3.8) is 0 Å². The van der Waals surface area contributed by atoms with Crippen LogP contribution in [0.15, 0.2) is 82.8 Å². The largest absolute Gasteiger partial charge is 0.459 e. The maximum atomic E-state index is 12.9. The number of hydrogen-bond donors (Lipinski definition) is 2. The van der Waals surface area contributed by atoms with Gasteiger partial charge in [0.2, 0.25) is 5.91 Å². The summed E-state index contributed by atoms with van der Waals surface area (Å²) >= 11 is 1.71. The molecule has 0 aliphatic heterocycles. The van der Waals surface area contributed by atoms with Gasteiger partial charge in [-0.1, -0.05) is 48.5 Å². The first-order chi connectivity index (χ1) is 14.7. The Bertz CT molecular complexity index is 1120. The Kier molecular flexibility index (Phi) is 6.25. The number of benzene rings is 2. The summed E-state index contributed by atoms with van der Waals surface area (Å²) in [4.78, 5) is 25.3. The van der Waals surface area contributed by atoms with Crippen molar-refractivity contribution in [3.8, 4) is 0 Å². The quantitative estimate of drug-likeness (QED) is 0.451. The fourth-order valence-electron chi connectivity index (χ4n) is 3.37. The SMILES string of the molecule is O=C(NC(Cc1ccccc1)C(=O)NCCc1csc2ccccc12)c1ccco1. The Balaban J connectivity index is 1.41. The van der Waals surface area contributed by atoms with Crippen LogP contribution in [0.4, 0.5) is 0 Å². The van der Waals surface area contributed by atoms with Crippen LogP contribution in [-0.4, -0.2) is 24.4 Å². The van der Waals surface area contributed by atoms with Gasteiger partial charge in [-0.15, -0.1) is 11.3 Å². The molecule has 0 saturated carbocycles. The Morgan fingerprint density at radius 2 is 1.77 bits per heavy atom. The van der Waals surface area contributed by atoms with Gasteiger partial charge in [0.25, 0.3) is 5.91 Å². The molecule has 152 valence electrons. The Morgan fingerprint density at radius 1 is 0.967 bits per heavy atom. The van der Waals surface area contributed by atoms with Crippen LogP contribution in [-0.2, 0) is 17.6 Å². The van der Waals surface area contributed by atoms with Gasteiger partial charge in [-0.05, 0) is 46.5 Å². The second-order valence-corrected chi connectivity index (χ2v) is 7.90. The molecule has 0 fully saturated rings. The van der Waals surface area contributed by atoms with Crippen molar-refractivity contribution < 1.29 is 14.0 Å². The molecule has 4 aromatic rings. The zero-order valence-corrected chi connectivity index (χ0v) is 17.2. The molecule has 6 heteroatoms. The average molecular weight is 419 g/mol. The smallest absolute Gasteiger partial charge is 0.287 e. The molecule has 0 aliphatic carbocycles. The summed E-state index contributed by atoms with van der Waals surface area (Å²) in [5.41, 5.74) is 2.19. The zero-order valence-electron chi connectivity index (χ0n) is 16.3. The molecule has 0 aliphatic rings. The maximum absolute atomic E-state index is 12.9. The summed E-state index contributed by atoms with van der Waals surface area (Å²) in [6, 6.07) is 20.4. The Morgan fingerprint density at radius 3 is 2.57 bits per heavy atom. The van der Waals surface area contributed by atoms with Crippen molar-refractivity contribution in [1.29, 1.82) is 0 Å². The van der Waals surface area contributed by atoms with Crippen LogP contribution in [0.25, 0.3) is 10.1 Å². The first-order valence-corrected chi connectivity index (χ1v) is 10.7. The summed E-state index contributed by atoms with van der Waals surface area (Å²) in [5.74, 6) is -0.427. The number of hydrogen-bond acceptors (Lipinski definition) is 4. The van der Waals surface area contributed by atoms with Gasteiger partial charge in [-0.3, -0.25) is 9.59 Å². The van der Waals surface area contributed by atoms with E-state index in [-0.39, 0.29) is 11.7 Å². The molecule has 0 radical (unpaired) electrons. The number of thiophene rings is 1.